The molecule has 3 aliphatic rings. The summed E-state index contributed by atoms with van der Waals surface area (Å²) in [6, 6.07) is 3.08. The number of ether oxygens (including phenoxy) is 3. The van der Waals surface area contributed by atoms with E-state index in [-0.39, 0.29) is 28.6 Å². The number of aromatic nitrogens is 1. The minimum atomic E-state index is -0.842. The van der Waals surface area contributed by atoms with E-state index in [9.17, 15) is 14.0 Å². The first-order chi connectivity index (χ1) is 19.6. The SMILES string of the molecule is CCOC(=O)C(C)(C)N1CC2COCC(C1)N2CC1=C(C(=O)OC)C(c2ccc(F)cc2Cl)N=C(c2nccs2)N1. The van der Waals surface area contributed by atoms with Crippen LogP contribution in [0.25, 0.3) is 0 Å². The fourth-order valence-electron chi connectivity index (χ4n) is 5.53. The number of benzene rings is 1. The van der Waals surface area contributed by atoms with E-state index in [0.717, 1.165) is 0 Å². The molecule has 3 unspecified atom stereocenters. The number of esters is 2. The standard InChI is InChI=1S/C28H33ClFN5O5S/c1-5-40-27(37)28(2,3)34-11-17-14-39-15-18(12-34)35(17)13-21-22(26(36)38-4)23(19-7-6-16(30)10-20(19)29)33-24(32-21)25-31-8-9-41-25/h6-10,17-18,23H,5,11-15H2,1-4H3,(H,32,33). The van der Waals surface area contributed by atoms with Gasteiger partial charge in [0.15, 0.2) is 10.8 Å². The van der Waals surface area contributed by atoms with Gasteiger partial charge in [-0.05, 0) is 32.9 Å². The lowest BCUT2D eigenvalue weighted by Crippen LogP contribution is -2.69. The van der Waals surface area contributed by atoms with Crippen molar-refractivity contribution < 1.29 is 28.2 Å². The van der Waals surface area contributed by atoms with Crippen LogP contribution in [0, 0.1) is 5.82 Å². The minimum Gasteiger partial charge on any atom is -0.466 e. The van der Waals surface area contributed by atoms with Gasteiger partial charge in [0.2, 0.25) is 0 Å². The number of morpholine rings is 1. The van der Waals surface area contributed by atoms with Crippen molar-refractivity contribution in [3.05, 3.63) is 62.5 Å². The topological polar surface area (TPSA) is 106 Å². The molecule has 1 aromatic carbocycles. The van der Waals surface area contributed by atoms with E-state index < -0.39 is 23.4 Å². The number of fused-ring (bicyclic) bond motifs is 2. The molecule has 0 amide bonds. The molecule has 0 radical (unpaired) electrons. The highest BCUT2D eigenvalue weighted by Gasteiger charge is 2.47. The lowest BCUT2D eigenvalue weighted by molar-refractivity contribution is -0.164. The molecule has 4 heterocycles. The van der Waals surface area contributed by atoms with Crippen molar-refractivity contribution in [1.82, 2.24) is 20.1 Å². The number of thiazole rings is 1. The molecule has 2 saturated heterocycles. The third kappa shape index (κ3) is 5.89. The number of hydrogen-bond donors (Lipinski definition) is 1. The lowest BCUT2D eigenvalue weighted by atomic mass is 9.93. The van der Waals surface area contributed by atoms with Gasteiger partial charge in [-0.15, -0.1) is 11.3 Å². The molecule has 0 aliphatic carbocycles. The number of hydrogen-bond acceptors (Lipinski definition) is 11. The van der Waals surface area contributed by atoms with Gasteiger partial charge in [0.25, 0.3) is 0 Å². The predicted molar refractivity (Wildman–Crippen MR) is 152 cm³/mol. The maximum Gasteiger partial charge on any atom is 0.338 e. The van der Waals surface area contributed by atoms with Crippen LogP contribution in [0.4, 0.5) is 4.39 Å². The van der Waals surface area contributed by atoms with Crippen molar-refractivity contribution in [2.45, 2.75) is 44.4 Å². The van der Waals surface area contributed by atoms with Crippen LogP contribution in [0.5, 0.6) is 0 Å². The second kappa shape index (κ2) is 12.1. The summed E-state index contributed by atoms with van der Waals surface area (Å²) in [4.78, 5) is 39.8. The van der Waals surface area contributed by atoms with Gasteiger partial charge >= 0.3 is 11.9 Å². The van der Waals surface area contributed by atoms with Crippen LogP contribution in [0.3, 0.4) is 0 Å². The Morgan fingerprint density at radius 3 is 2.61 bits per heavy atom. The van der Waals surface area contributed by atoms with E-state index >= 15 is 0 Å². The fourth-order valence-corrected chi connectivity index (χ4v) is 6.39. The number of amidine groups is 1. The number of nitrogens with zero attached hydrogens (tertiary/aromatic N) is 4. The molecule has 3 aliphatic heterocycles. The molecule has 0 saturated carbocycles. The van der Waals surface area contributed by atoms with E-state index in [1.807, 2.05) is 19.2 Å². The summed E-state index contributed by atoms with van der Waals surface area (Å²) in [6.45, 7) is 8.31. The van der Waals surface area contributed by atoms with E-state index in [4.69, 9.17) is 30.8 Å². The molecule has 1 N–H and O–H groups in total. The van der Waals surface area contributed by atoms with Crippen LogP contribution in [0.15, 0.2) is 46.0 Å². The Hall–Kier alpha value is -2.90. The van der Waals surface area contributed by atoms with Gasteiger partial charge in [0.05, 0.1) is 32.5 Å². The highest BCUT2D eigenvalue weighted by molar-refractivity contribution is 7.11. The van der Waals surface area contributed by atoms with Gasteiger partial charge in [-0.25, -0.2) is 14.2 Å². The molecular weight excluding hydrogens is 573 g/mol. The Kier molecular flexibility index (Phi) is 8.76. The van der Waals surface area contributed by atoms with E-state index in [0.29, 0.717) is 61.6 Å². The first kappa shape index (κ1) is 29.6. The van der Waals surface area contributed by atoms with Gasteiger partial charge in [-0.1, -0.05) is 17.7 Å². The second-order valence-electron chi connectivity index (χ2n) is 10.6. The van der Waals surface area contributed by atoms with Gasteiger partial charge in [-0.3, -0.25) is 19.6 Å². The fraction of sp³-hybridized carbons (Fsp3) is 0.500. The summed E-state index contributed by atoms with van der Waals surface area (Å²) in [5, 5.41) is 5.98. The quantitative estimate of drug-likeness (QED) is 0.454. The third-order valence-electron chi connectivity index (χ3n) is 7.75. The zero-order valence-electron chi connectivity index (χ0n) is 23.4. The van der Waals surface area contributed by atoms with Gasteiger partial charge in [0, 0.05) is 59.6 Å². The summed E-state index contributed by atoms with van der Waals surface area (Å²) >= 11 is 7.89. The van der Waals surface area contributed by atoms with Crippen molar-refractivity contribution in [3.63, 3.8) is 0 Å². The number of nitrogens with one attached hydrogen (secondary N) is 1. The molecule has 3 atom stereocenters. The Bertz CT molecular complexity index is 1350. The van der Waals surface area contributed by atoms with Crippen LogP contribution >= 0.6 is 22.9 Å². The normalized spacial score (nSPS) is 23.6. The van der Waals surface area contributed by atoms with Gasteiger partial charge < -0.3 is 19.5 Å². The average Bonchev–Trinajstić information content (AvgIpc) is 3.47. The molecule has 2 fully saturated rings. The summed E-state index contributed by atoms with van der Waals surface area (Å²) in [7, 11) is 1.31. The number of rotatable bonds is 8. The minimum absolute atomic E-state index is 0.0561. The molecular formula is C28H33ClFN5O5S. The number of carbonyl (C=O) groups is 2. The molecule has 13 heteroatoms. The van der Waals surface area contributed by atoms with Crippen LogP contribution in [-0.2, 0) is 23.8 Å². The number of halogens is 2. The van der Waals surface area contributed by atoms with E-state index in [1.54, 1.807) is 13.1 Å². The Labute approximate surface area is 247 Å². The maximum absolute atomic E-state index is 14.0. The molecule has 0 spiro atoms. The number of piperazine rings is 1. The van der Waals surface area contributed by atoms with Crippen molar-refractivity contribution >= 4 is 40.7 Å². The van der Waals surface area contributed by atoms with Gasteiger partial charge in [-0.2, -0.15) is 0 Å². The summed E-state index contributed by atoms with van der Waals surface area (Å²) < 4.78 is 30.5. The Morgan fingerprint density at radius 1 is 1.27 bits per heavy atom. The Morgan fingerprint density at radius 2 is 2.00 bits per heavy atom. The number of aliphatic imine (C=N–C) groups is 1. The van der Waals surface area contributed by atoms with Gasteiger partial charge in [0.1, 0.15) is 17.4 Å². The molecule has 220 valence electrons. The molecule has 5 rings (SSSR count). The number of methoxy groups -OCH3 is 1. The van der Waals surface area contributed by atoms with E-state index in [1.165, 1.54) is 36.6 Å². The van der Waals surface area contributed by atoms with Crippen LogP contribution in [0.1, 0.15) is 37.4 Å². The van der Waals surface area contributed by atoms with E-state index in [2.05, 4.69) is 20.1 Å². The zero-order chi connectivity index (χ0) is 29.3. The Balaban J connectivity index is 1.52. The lowest BCUT2D eigenvalue weighted by Gasteiger charge is -2.53. The van der Waals surface area contributed by atoms with Crippen molar-refractivity contribution in [2.75, 3.05) is 46.6 Å². The summed E-state index contributed by atoms with van der Waals surface area (Å²) in [6.07, 6.45) is 1.68. The van der Waals surface area contributed by atoms with Crippen molar-refractivity contribution in [3.8, 4) is 0 Å². The third-order valence-corrected chi connectivity index (χ3v) is 8.86. The van der Waals surface area contributed by atoms with Crippen LogP contribution < -0.4 is 5.32 Å². The molecule has 41 heavy (non-hydrogen) atoms. The maximum atomic E-state index is 14.0. The summed E-state index contributed by atoms with van der Waals surface area (Å²) in [5.41, 5.74) is 0.558. The largest absolute Gasteiger partial charge is 0.466 e. The monoisotopic (exact) mass is 605 g/mol. The van der Waals surface area contributed by atoms with Crippen LogP contribution in [0.2, 0.25) is 5.02 Å². The molecule has 1 aromatic heterocycles. The molecule has 10 nitrogen and oxygen atoms in total. The molecule has 2 bridgehead atoms. The smallest absolute Gasteiger partial charge is 0.338 e. The van der Waals surface area contributed by atoms with Crippen molar-refractivity contribution in [2.24, 2.45) is 4.99 Å². The second-order valence-corrected chi connectivity index (χ2v) is 11.9. The first-order valence-electron chi connectivity index (χ1n) is 13.4. The van der Waals surface area contributed by atoms with Crippen LogP contribution in [-0.4, -0.2) is 96.7 Å². The molecule has 2 aromatic rings. The number of carbonyl (C=O) groups excluding carboxylic acids is 2. The van der Waals surface area contributed by atoms with Crippen molar-refractivity contribution in [1.29, 1.82) is 0 Å². The highest BCUT2D eigenvalue weighted by atomic mass is 35.5. The predicted octanol–water partition coefficient (Wildman–Crippen LogP) is 3.18. The first-order valence-corrected chi connectivity index (χ1v) is 14.7. The zero-order valence-corrected chi connectivity index (χ0v) is 24.9. The highest BCUT2D eigenvalue weighted by Crippen LogP contribution is 2.38. The summed E-state index contributed by atoms with van der Waals surface area (Å²) in [5.74, 6) is -0.836. The average molecular weight is 606 g/mol.